The third kappa shape index (κ3) is 7.51. The van der Waals surface area contributed by atoms with Crippen LogP contribution >= 0.6 is 24.0 Å². The van der Waals surface area contributed by atoms with E-state index >= 15 is 0 Å². The van der Waals surface area contributed by atoms with Crippen LogP contribution in [0.4, 0.5) is 0 Å². The van der Waals surface area contributed by atoms with Crippen molar-refractivity contribution in [1.29, 1.82) is 0 Å². The Morgan fingerprint density at radius 1 is 1.27 bits per heavy atom. The highest BCUT2D eigenvalue weighted by molar-refractivity contribution is 14.0. The molecule has 0 fully saturated rings. The quantitative estimate of drug-likeness (QED) is 0.274. The molecule has 0 bridgehead atoms. The van der Waals surface area contributed by atoms with E-state index in [1.54, 1.807) is 13.4 Å². The number of rotatable bonds is 8. The molecule has 0 aliphatic carbocycles. The Morgan fingerprint density at radius 3 is 2.58 bits per heavy atom. The van der Waals surface area contributed by atoms with Gasteiger partial charge in [-0.25, -0.2) is 4.99 Å². The zero-order chi connectivity index (χ0) is 18.1. The van der Waals surface area contributed by atoms with Crippen molar-refractivity contribution in [2.45, 2.75) is 19.9 Å². The molecule has 1 aromatic carbocycles. The van der Waals surface area contributed by atoms with E-state index in [1.165, 1.54) is 5.56 Å². The SMILES string of the molecule is C=C(C)CN=C(NCCc1ccco1)N(C)Cc1ccc(OC)cc1.I. The lowest BCUT2D eigenvalue weighted by Crippen LogP contribution is -2.39. The van der Waals surface area contributed by atoms with Crippen molar-refractivity contribution in [2.24, 2.45) is 4.99 Å². The topological polar surface area (TPSA) is 50.0 Å². The van der Waals surface area contributed by atoms with Crippen LogP contribution in [0.5, 0.6) is 5.75 Å². The number of methoxy groups -OCH3 is 1. The molecule has 0 spiro atoms. The van der Waals surface area contributed by atoms with Crippen molar-refractivity contribution in [3.8, 4) is 5.75 Å². The molecule has 0 unspecified atom stereocenters. The van der Waals surface area contributed by atoms with Gasteiger partial charge in [-0.2, -0.15) is 0 Å². The van der Waals surface area contributed by atoms with Crippen molar-refractivity contribution in [3.05, 3.63) is 66.1 Å². The van der Waals surface area contributed by atoms with Gasteiger partial charge >= 0.3 is 0 Å². The average molecular weight is 469 g/mol. The van der Waals surface area contributed by atoms with E-state index in [1.807, 2.05) is 38.2 Å². The number of furan rings is 1. The predicted octanol–water partition coefficient (Wildman–Crippen LogP) is 4.10. The van der Waals surface area contributed by atoms with Crippen molar-refractivity contribution in [1.82, 2.24) is 10.2 Å². The Kier molecular flexibility index (Phi) is 9.87. The number of guanidine groups is 1. The minimum Gasteiger partial charge on any atom is -0.497 e. The monoisotopic (exact) mass is 469 g/mol. The Hall–Kier alpha value is -1.96. The fraction of sp³-hybridized carbons (Fsp3) is 0.350. The Bertz CT molecular complexity index is 682. The van der Waals surface area contributed by atoms with Gasteiger partial charge in [0.15, 0.2) is 5.96 Å². The van der Waals surface area contributed by atoms with Gasteiger partial charge in [0.2, 0.25) is 0 Å². The molecular weight excluding hydrogens is 441 g/mol. The number of halogens is 1. The summed E-state index contributed by atoms with van der Waals surface area (Å²) in [6.45, 7) is 8.03. The van der Waals surface area contributed by atoms with Crippen molar-refractivity contribution in [2.75, 3.05) is 27.2 Å². The molecule has 0 atom stereocenters. The summed E-state index contributed by atoms with van der Waals surface area (Å²) in [4.78, 5) is 6.75. The molecule has 142 valence electrons. The summed E-state index contributed by atoms with van der Waals surface area (Å²) in [5.41, 5.74) is 2.22. The number of ether oxygens (including phenoxy) is 1. The maximum Gasteiger partial charge on any atom is 0.194 e. The van der Waals surface area contributed by atoms with E-state index in [0.29, 0.717) is 6.54 Å². The van der Waals surface area contributed by atoms with Gasteiger partial charge in [-0.3, -0.25) is 0 Å². The second-order valence-corrected chi connectivity index (χ2v) is 6.06. The highest BCUT2D eigenvalue weighted by Gasteiger charge is 2.08. The van der Waals surface area contributed by atoms with Gasteiger partial charge < -0.3 is 19.4 Å². The van der Waals surface area contributed by atoms with E-state index < -0.39 is 0 Å². The largest absolute Gasteiger partial charge is 0.497 e. The average Bonchev–Trinajstić information content (AvgIpc) is 3.11. The minimum atomic E-state index is 0. The summed E-state index contributed by atoms with van der Waals surface area (Å²) in [5, 5.41) is 3.41. The smallest absolute Gasteiger partial charge is 0.194 e. The lowest BCUT2D eigenvalue weighted by atomic mass is 10.2. The van der Waals surface area contributed by atoms with Crippen LogP contribution < -0.4 is 10.1 Å². The van der Waals surface area contributed by atoms with E-state index in [9.17, 15) is 0 Å². The number of hydrogen-bond acceptors (Lipinski definition) is 3. The summed E-state index contributed by atoms with van der Waals surface area (Å²) in [5.74, 6) is 2.68. The molecule has 0 amide bonds. The van der Waals surface area contributed by atoms with Gasteiger partial charge in [0.25, 0.3) is 0 Å². The zero-order valence-corrected chi connectivity index (χ0v) is 18.0. The highest BCUT2D eigenvalue weighted by atomic mass is 127. The molecule has 0 saturated carbocycles. The number of benzene rings is 1. The third-order valence-electron chi connectivity index (χ3n) is 3.67. The van der Waals surface area contributed by atoms with E-state index in [2.05, 4.69) is 33.9 Å². The molecular formula is C20H28IN3O2. The fourth-order valence-corrected chi connectivity index (χ4v) is 2.35. The lowest BCUT2D eigenvalue weighted by Gasteiger charge is -2.23. The second-order valence-electron chi connectivity index (χ2n) is 6.06. The van der Waals surface area contributed by atoms with Gasteiger partial charge in [-0.05, 0) is 36.8 Å². The van der Waals surface area contributed by atoms with Gasteiger partial charge in [-0.15, -0.1) is 24.0 Å². The van der Waals surface area contributed by atoms with Gasteiger partial charge in [0, 0.05) is 26.6 Å². The summed E-state index contributed by atoms with van der Waals surface area (Å²) in [6.07, 6.45) is 2.51. The van der Waals surface area contributed by atoms with Gasteiger partial charge in [0.1, 0.15) is 11.5 Å². The molecule has 1 aromatic heterocycles. The summed E-state index contributed by atoms with van der Waals surface area (Å²) < 4.78 is 10.6. The Labute approximate surface area is 173 Å². The Balaban J connectivity index is 0.00000338. The highest BCUT2D eigenvalue weighted by Crippen LogP contribution is 2.12. The second kappa shape index (κ2) is 11.6. The number of hydrogen-bond donors (Lipinski definition) is 1. The molecule has 0 radical (unpaired) electrons. The van der Waals surface area contributed by atoms with Crippen LogP contribution in [0.25, 0.3) is 0 Å². The number of nitrogens with zero attached hydrogens (tertiary/aromatic N) is 2. The van der Waals surface area contributed by atoms with E-state index in [0.717, 1.165) is 42.6 Å². The molecule has 0 aliphatic rings. The normalized spacial score (nSPS) is 10.8. The molecule has 0 aliphatic heterocycles. The third-order valence-corrected chi connectivity index (χ3v) is 3.67. The van der Waals surface area contributed by atoms with Crippen LogP contribution in [-0.2, 0) is 13.0 Å². The standard InChI is InChI=1S/C20H27N3O2.HI/c1-16(2)14-22-20(21-12-11-19-6-5-13-25-19)23(3)15-17-7-9-18(24-4)10-8-17;/h5-10,13H,1,11-12,14-15H2,2-4H3,(H,21,22);1H. The zero-order valence-electron chi connectivity index (χ0n) is 15.7. The van der Waals surface area contributed by atoms with Crippen LogP contribution in [0.2, 0.25) is 0 Å². The first-order chi connectivity index (χ1) is 12.1. The van der Waals surface area contributed by atoms with E-state index in [-0.39, 0.29) is 24.0 Å². The van der Waals surface area contributed by atoms with Crippen molar-refractivity contribution in [3.63, 3.8) is 0 Å². The van der Waals surface area contributed by atoms with Crippen LogP contribution in [0.15, 0.2) is 64.2 Å². The Morgan fingerprint density at radius 2 is 2.00 bits per heavy atom. The number of aliphatic imine (C=N–C) groups is 1. The fourth-order valence-electron chi connectivity index (χ4n) is 2.35. The van der Waals surface area contributed by atoms with Crippen LogP contribution in [0.1, 0.15) is 18.2 Å². The molecule has 2 rings (SSSR count). The first kappa shape index (κ1) is 22.1. The minimum absolute atomic E-state index is 0. The maximum absolute atomic E-state index is 5.37. The lowest BCUT2D eigenvalue weighted by molar-refractivity contribution is 0.414. The first-order valence-electron chi connectivity index (χ1n) is 8.37. The molecule has 0 saturated heterocycles. The van der Waals surface area contributed by atoms with Crippen LogP contribution in [0, 0.1) is 0 Å². The molecule has 1 N–H and O–H groups in total. The number of nitrogens with one attached hydrogen (secondary N) is 1. The molecule has 2 aromatic rings. The summed E-state index contributed by atoms with van der Waals surface area (Å²) in [6, 6.07) is 12.0. The molecule has 26 heavy (non-hydrogen) atoms. The van der Waals surface area contributed by atoms with Crippen LogP contribution in [-0.4, -0.2) is 38.1 Å². The van der Waals surface area contributed by atoms with E-state index in [4.69, 9.17) is 9.15 Å². The predicted molar refractivity (Wildman–Crippen MR) is 117 cm³/mol. The van der Waals surface area contributed by atoms with Crippen LogP contribution in [0.3, 0.4) is 0 Å². The van der Waals surface area contributed by atoms with Crippen molar-refractivity contribution < 1.29 is 9.15 Å². The molecule has 5 nitrogen and oxygen atoms in total. The summed E-state index contributed by atoms with van der Waals surface area (Å²) >= 11 is 0. The van der Waals surface area contributed by atoms with Crippen molar-refractivity contribution >= 4 is 29.9 Å². The first-order valence-corrected chi connectivity index (χ1v) is 8.37. The van der Waals surface area contributed by atoms with Gasteiger partial charge in [-0.1, -0.05) is 24.3 Å². The maximum atomic E-state index is 5.37. The molecule has 6 heteroatoms. The van der Waals surface area contributed by atoms with Gasteiger partial charge in [0.05, 0.1) is 19.9 Å². The summed E-state index contributed by atoms with van der Waals surface area (Å²) in [7, 11) is 3.70. The molecule has 1 heterocycles.